The second-order valence-corrected chi connectivity index (χ2v) is 13.1. The Kier molecular flexibility index (Phi) is 7.81. The van der Waals surface area contributed by atoms with Crippen LogP contribution in [0, 0.1) is 11.6 Å². The minimum atomic E-state index is -4.27. The predicted molar refractivity (Wildman–Crippen MR) is 160 cm³/mol. The molecule has 4 aromatic rings. The number of halogens is 3. The van der Waals surface area contributed by atoms with Crippen LogP contribution in [0.2, 0.25) is 5.02 Å². The summed E-state index contributed by atoms with van der Waals surface area (Å²) < 4.78 is 58.6. The number of anilines is 2. The summed E-state index contributed by atoms with van der Waals surface area (Å²) in [5, 5.41) is 5.24. The van der Waals surface area contributed by atoms with Crippen molar-refractivity contribution in [3.05, 3.63) is 65.3 Å². The van der Waals surface area contributed by atoms with Gasteiger partial charge >= 0.3 is 0 Å². The molecule has 1 aliphatic heterocycles. The van der Waals surface area contributed by atoms with Gasteiger partial charge in [-0.2, -0.15) is 5.10 Å². The molecule has 2 fully saturated rings. The smallest absolute Gasteiger partial charge is 0.263 e. The zero-order chi connectivity index (χ0) is 29.6. The first-order chi connectivity index (χ1) is 20.1. The molecule has 2 aliphatic rings. The van der Waals surface area contributed by atoms with E-state index in [0.29, 0.717) is 22.7 Å². The number of benzene rings is 2. The molecule has 42 heavy (non-hydrogen) atoms. The lowest BCUT2D eigenvalue weighted by molar-refractivity contribution is 0.0816. The zero-order valence-electron chi connectivity index (χ0n) is 23.1. The summed E-state index contributed by atoms with van der Waals surface area (Å²) in [6.07, 6.45) is 5.74. The zero-order valence-corrected chi connectivity index (χ0v) is 24.7. The summed E-state index contributed by atoms with van der Waals surface area (Å²) in [7, 11) is -2.11. The van der Waals surface area contributed by atoms with Crippen molar-refractivity contribution in [2.75, 3.05) is 43.7 Å². The molecule has 9 nitrogen and oxygen atoms in total. The molecule has 222 valence electrons. The Morgan fingerprint density at radius 3 is 2.38 bits per heavy atom. The fourth-order valence-electron chi connectivity index (χ4n) is 6.09. The molecule has 0 amide bonds. The summed E-state index contributed by atoms with van der Waals surface area (Å²) in [6, 6.07) is 9.61. The molecule has 1 saturated heterocycles. The fourth-order valence-corrected chi connectivity index (χ4v) is 7.69. The number of likely N-dealkylation sites (N-methyl/N-ethyl adjacent to an activating group) is 1. The number of nitrogens with one attached hydrogen (secondary N) is 1. The van der Waals surface area contributed by atoms with E-state index in [1.807, 2.05) is 10.7 Å². The van der Waals surface area contributed by atoms with Crippen LogP contribution in [0.15, 0.2) is 53.6 Å². The first-order valence-corrected chi connectivity index (χ1v) is 15.8. The van der Waals surface area contributed by atoms with Gasteiger partial charge in [0.25, 0.3) is 10.0 Å². The number of piperazine rings is 1. The number of nitrogens with zero attached hydrogens (tertiary/aromatic N) is 5. The van der Waals surface area contributed by atoms with Crippen LogP contribution in [0.3, 0.4) is 0 Å². The molecule has 2 aromatic carbocycles. The Hall–Kier alpha value is -3.32. The average Bonchev–Trinajstić information content (AvgIpc) is 3.35. The molecule has 0 atom stereocenters. The highest BCUT2D eigenvalue weighted by Gasteiger charge is 2.30. The molecule has 0 radical (unpaired) electrons. The molecular weight excluding hydrogens is 584 g/mol. The molecular formula is C29H32ClF2N7O2S. The molecule has 1 saturated carbocycles. The van der Waals surface area contributed by atoms with Crippen LogP contribution in [0.1, 0.15) is 31.7 Å². The maximum Gasteiger partial charge on any atom is 0.263 e. The third kappa shape index (κ3) is 5.56. The number of rotatable bonds is 6. The lowest BCUT2D eigenvalue weighted by Gasteiger charge is -2.41. The van der Waals surface area contributed by atoms with Crippen molar-refractivity contribution in [1.29, 1.82) is 0 Å². The number of sulfonamides is 1. The summed E-state index contributed by atoms with van der Waals surface area (Å²) >= 11 is 5.93. The first kappa shape index (κ1) is 28.8. The third-order valence-electron chi connectivity index (χ3n) is 8.39. The lowest BCUT2D eigenvalue weighted by Crippen LogP contribution is -2.49. The largest absolute Gasteiger partial charge is 0.383 e. The van der Waals surface area contributed by atoms with Crippen LogP contribution in [-0.4, -0.2) is 72.3 Å². The second-order valence-electron chi connectivity index (χ2n) is 11.1. The molecule has 3 N–H and O–H groups in total. The molecule has 13 heteroatoms. The van der Waals surface area contributed by atoms with Gasteiger partial charge in [-0.1, -0.05) is 17.7 Å². The summed E-state index contributed by atoms with van der Waals surface area (Å²) in [4.78, 5) is 8.86. The topological polar surface area (TPSA) is 109 Å². The van der Waals surface area contributed by atoms with Gasteiger partial charge in [-0.25, -0.2) is 22.2 Å². The van der Waals surface area contributed by atoms with E-state index < -0.39 is 21.7 Å². The maximum atomic E-state index is 15.3. The standard InChI is InChI=1S/C29H32ClF2N7O2S/c1-37-12-14-38(15-13-37)20-4-6-21(7-5-20)39-25-10-11-34-29(33)27(25)28(35-39)18-2-8-24(23(32)16-18)36-42(40,41)26-9-3-19(31)17-22(26)30/h2-3,8-11,16-17,20-21,36H,4-7,12-15H2,1H3,(H2,33,34). The second kappa shape index (κ2) is 11.4. The number of aromatic nitrogens is 3. The van der Waals surface area contributed by atoms with Gasteiger partial charge in [-0.15, -0.1) is 0 Å². The van der Waals surface area contributed by atoms with Crippen molar-refractivity contribution in [2.24, 2.45) is 0 Å². The Bertz CT molecular complexity index is 1730. The van der Waals surface area contributed by atoms with Crippen LogP contribution in [0.5, 0.6) is 0 Å². The minimum Gasteiger partial charge on any atom is -0.383 e. The van der Waals surface area contributed by atoms with Gasteiger partial charge in [0.2, 0.25) is 0 Å². The Labute approximate surface area is 248 Å². The van der Waals surface area contributed by atoms with Crippen molar-refractivity contribution in [2.45, 2.75) is 42.7 Å². The third-order valence-corrected chi connectivity index (χ3v) is 10.2. The molecule has 2 aromatic heterocycles. The average molecular weight is 616 g/mol. The normalized spacial score (nSPS) is 20.7. The Morgan fingerprint density at radius 2 is 1.69 bits per heavy atom. The van der Waals surface area contributed by atoms with Crippen molar-refractivity contribution in [3.63, 3.8) is 0 Å². The number of fused-ring (bicyclic) bond motifs is 1. The van der Waals surface area contributed by atoms with Crippen molar-refractivity contribution in [3.8, 4) is 11.3 Å². The summed E-state index contributed by atoms with van der Waals surface area (Å²) in [6.45, 7) is 4.38. The van der Waals surface area contributed by atoms with Crippen molar-refractivity contribution >= 4 is 44.0 Å². The van der Waals surface area contributed by atoms with Gasteiger partial charge in [0, 0.05) is 44.0 Å². The Balaban J connectivity index is 1.26. The minimum absolute atomic E-state index is 0.170. The number of hydrogen-bond donors (Lipinski definition) is 2. The number of nitrogen functional groups attached to an aromatic ring is 1. The predicted octanol–water partition coefficient (Wildman–Crippen LogP) is 5.14. The Morgan fingerprint density at radius 1 is 0.976 bits per heavy atom. The highest BCUT2D eigenvalue weighted by atomic mass is 35.5. The molecule has 0 spiro atoms. The molecule has 1 aliphatic carbocycles. The summed E-state index contributed by atoms with van der Waals surface area (Å²) in [5.41, 5.74) is 7.77. The number of pyridine rings is 1. The van der Waals surface area contributed by atoms with E-state index in [-0.39, 0.29) is 27.5 Å². The van der Waals surface area contributed by atoms with Crippen LogP contribution < -0.4 is 10.5 Å². The molecule has 3 heterocycles. The van der Waals surface area contributed by atoms with E-state index in [0.717, 1.165) is 75.6 Å². The lowest BCUT2D eigenvalue weighted by atomic mass is 9.89. The highest BCUT2D eigenvalue weighted by Crippen LogP contribution is 2.38. The number of hydrogen-bond acceptors (Lipinski definition) is 7. The maximum absolute atomic E-state index is 15.3. The monoisotopic (exact) mass is 615 g/mol. The molecule has 0 bridgehead atoms. The number of nitrogens with two attached hydrogens (primary N) is 1. The van der Waals surface area contributed by atoms with E-state index in [1.54, 1.807) is 12.3 Å². The van der Waals surface area contributed by atoms with E-state index in [4.69, 9.17) is 22.4 Å². The van der Waals surface area contributed by atoms with Crippen molar-refractivity contribution in [1.82, 2.24) is 24.6 Å². The van der Waals surface area contributed by atoms with Crippen molar-refractivity contribution < 1.29 is 17.2 Å². The SMILES string of the molecule is CN1CCN(C2CCC(n3nc(-c4ccc(NS(=O)(=O)c5ccc(F)cc5Cl)c(F)c4)c4c(N)nccc43)CC2)CC1. The van der Waals surface area contributed by atoms with E-state index >= 15 is 4.39 Å². The van der Waals surface area contributed by atoms with Crippen LogP contribution in [0.25, 0.3) is 22.2 Å². The molecule has 6 rings (SSSR count). The quantitative estimate of drug-likeness (QED) is 0.309. The van der Waals surface area contributed by atoms with Gasteiger partial charge in [-0.05, 0) is 69.1 Å². The fraction of sp³-hybridized carbons (Fsp3) is 0.379. The van der Waals surface area contributed by atoms with Gasteiger partial charge < -0.3 is 10.6 Å². The van der Waals surface area contributed by atoms with Crippen LogP contribution in [-0.2, 0) is 10.0 Å². The van der Waals surface area contributed by atoms with Crippen LogP contribution >= 0.6 is 11.6 Å². The van der Waals surface area contributed by atoms with E-state index in [1.165, 1.54) is 12.1 Å². The highest BCUT2D eigenvalue weighted by molar-refractivity contribution is 7.92. The van der Waals surface area contributed by atoms with Gasteiger partial charge in [0.1, 0.15) is 28.0 Å². The van der Waals surface area contributed by atoms with Gasteiger partial charge in [-0.3, -0.25) is 14.3 Å². The molecule has 0 unspecified atom stereocenters. The van der Waals surface area contributed by atoms with Gasteiger partial charge in [0.15, 0.2) is 0 Å². The van der Waals surface area contributed by atoms with Crippen LogP contribution in [0.4, 0.5) is 20.3 Å². The first-order valence-electron chi connectivity index (χ1n) is 13.9. The van der Waals surface area contributed by atoms with Gasteiger partial charge in [0.05, 0.1) is 27.7 Å². The summed E-state index contributed by atoms with van der Waals surface area (Å²) in [5.74, 6) is -1.21. The van der Waals surface area contributed by atoms with E-state index in [9.17, 15) is 12.8 Å². The van der Waals surface area contributed by atoms with E-state index in [2.05, 4.69) is 26.6 Å².